The Morgan fingerprint density at radius 2 is 1.77 bits per heavy atom. The molecule has 188 valence electrons. The Balaban J connectivity index is 1.43. The van der Waals surface area contributed by atoms with Crippen molar-refractivity contribution in [2.24, 2.45) is 0 Å². The molecule has 7 aromatic rings. The zero-order chi connectivity index (χ0) is 26.7. The van der Waals surface area contributed by atoms with E-state index in [0.29, 0.717) is 21.6 Å². The van der Waals surface area contributed by atoms with Gasteiger partial charge in [0.25, 0.3) is 5.56 Å². The molecule has 39 heavy (non-hydrogen) atoms. The molecule has 0 fully saturated rings. The van der Waals surface area contributed by atoms with Crippen LogP contribution in [0.25, 0.3) is 55.3 Å². The average molecular weight is 531 g/mol. The SMILES string of the molecule is Cc1cc(-c2cccc(Cl)c2-c2ccc3c(=O)n(-c4cncc5ccccc45)c(=O)[nH]c3c2)cn2ncnc12. The Bertz CT molecular complexity index is 2210. The first kappa shape index (κ1) is 23.1. The molecule has 4 aromatic heterocycles. The minimum absolute atomic E-state index is 0.375. The number of benzene rings is 3. The summed E-state index contributed by atoms with van der Waals surface area (Å²) in [5.74, 6) is 0. The number of H-pyrrole nitrogens is 1. The smallest absolute Gasteiger partial charge is 0.306 e. The number of pyridine rings is 2. The summed E-state index contributed by atoms with van der Waals surface area (Å²) in [6, 6.07) is 20.6. The number of nitrogens with one attached hydrogen (secondary N) is 1. The van der Waals surface area contributed by atoms with Crippen molar-refractivity contribution in [1.82, 2.24) is 29.1 Å². The molecule has 0 atom stereocenters. The maximum Gasteiger partial charge on any atom is 0.333 e. The van der Waals surface area contributed by atoms with Crippen LogP contribution >= 0.6 is 11.6 Å². The quantitative estimate of drug-likeness (QED) is 0.322. The van der Waals surface area contributed by atoms with Crippen molar-refractivity contribution in [3.05, 3.63) is 123 Å². The summed E-state index contributed by atoms with van der Waals surface area (Å²) in [5, 5.41) is 6.81. The molecule has 7 rings (SSSR count). The molecular weight excluding hydrogens is 512 g/mol. The second kappa shape index (κ2) is 8.75. The zero-order valence-corrected chi connectivity index (χ0v) is 21.3. The van der Waals surface area contributed by atoms with Crippen LogP contribution in [0.4, 0.5) is 0 Å². The van der Waals surface area contributed by atoms with Crippen LogP contribution in [0.3, 0.4) is 0 Å². The van der Waals surface area contributed by atoms with E-state index in [1.807, 2.05) is 67.7 Å². The summed E-state index contributed by atoms with van der Waals surface area (Å²) in [4.78, 5) is 38.3. The van der Waals surface area contributed by atoms with E-state index in [1.54, 1.807) is 22.8 Å². The largest absolute Gasteiger partial charge is 0.333 e. The Hall–Kier alpha value is -5.08. The van der Waals surface area contributed by atoms with E-state index in [4.69, 9.17) is 11.6 Å². The number of aryl methyl sites for hydroxylation is 1. The Morgan fingerprint density at radius 1 is 0.897 bits per heavy atom. The predicted molar refractivity (Wildman–Crippen MR) is 153 cm³/mol. The molecule has 9 heteroatoms. The van der Waals surface area contributed by atoms with Crippen molar-refractivity contribution in [2.75, 3.05) is 0 Å². The van der Waals surface area contributed by atoms with Crippen molar-refractivity contribution in [1.29, 1.82) is 0 Å². The van der Waals surface area contributed by atoms with Gasteiger partial charge < -0.3 is 4.98 Å². The lowest BCUT2D eigenvalue weighted by molar-refractivity contribution is 0.902. The van der Waals surface area contributed by atoms with E-state index >= 15 is 0 Å². The lowest BCUT2D eigenvalue weighted by Crippen LogP contribution is -2.33. The Labute approximate surface area is 225 Å². The molecule has 0 bridgehead atoms. The van der Waals surface area contributed by atoms with Gasteiger partial charge in [-0.15, -0.1) is 0 Å². The molecule has 0 amide bonds. The second-order valence-corrected chi connectivity index (χ2v) is 9.72. The monoisotopic (exact) mass is 530 g/mol. The highest BCUT2D eigenvalue weighted by atomic mass is 35.5. The summed E-state index contributed by atoms with van der Waals surface area (Å²) >= 11 is 6.75. The van der Waals surface area contributed by atoms with Gasteiger partial charge in [-0.05, 0) is 47.9 Å². The number of nitrogens with zero attached hydrogens (tertiary/aromatic N) is 5. The molecule has 0 aliphatic rings. The van der Waals surface area contributed by atoms with Gasteiger partial charge >= 0.3 is 5.69 Å². The lowest BCUT2D eigenvalue weighted by Gasteiger charge is -2.14. The third kappa shape index (κ3) is 3.65. The van der Waals surface area contributed by atoms with Crippen LogP contribution in [0.1, 0.15) is 5.56 Å². The van der Waals surface area contributed by atoms with Gasteiger partial charge in [0, 0.05) is 39.3 Å². The normalized spacial score (nSPS) is 11.5. The summed E-state index contributed by atoms with van der Waals surface area (Å²) in [5.41, 5.74) is 4.97. The predicted octanol–water partition coefficient (Wildman–Crippen LogP) is 5.57. The van der Waals surface area contributed by atoms with Crippen LogP contribution in [0, 0.1) is 6.92 Å². The van der Waals surface area contributed by atoms with E-state index in [1.165, 1.54) is 12.5 Å². The Morgan fingerprint density at radius 3 is 2.67 bits per heavy atom. The number of aromatic nitrogens is 6. The first-order valence-corrected chi connectivity index (χ1v) is 12.6. The fourth-order valence-electron chi connectivity index (χ4n) is 5.17. The van der Waals surface area contributed by atoms with Gasteiger partial charge in [-0.3, -0.25) is 9.78 Å². The van der Waals surface area contributed by atoms with Gasteiger partial charge in [0.2, 0.25) is 0 Å². The van der Waals surface area contributed by atoms with Crippen LogP contribution in [0.5, 0.6) is 0 Å². The molecule has 0 aliphatic carbocycles. The Kier molecular flexibility index (Phi) is 5.17. The summed E-state index contributed by atoms with van der Waals surface area (Å²) in [7, 11) is 0. The number of rotatable bonds is 3. The van der Waals surface area contributed by atoms with E-state index < -0.39 is 11.2 Å². The van der Waals surface area contributed by atoms with E-state index in [2.05, 4.69) is 20.1 Å². The molecule has 3 aromatic carbocycles. The summed E-state index contributed by atoms with van der Waals surface area (Å²) in [6.07, 6.45) is 6.66. The number of aromatic amines is 1. The van der Waals surface area contributed by atoms with Crippen LogP contribution < -0.4 is 11.2 Å². The molecule has 4 heterocycles. The van der Waals surface area contributed by atoms with Crippen LogP contribution in [0.15, 0.2) is 101 Å². The van der Waals surface area contributed by atoms with Gasteiger partial charge in [0.15, 0.2) is 5.65 Å². The summed E-state index contributed by atoms with van der Waals surface area (Å²) in [6.45, 7) is 1.98. The van der Waals surface area contributed by atoms with Crippen LogP contribution in [-0.4, -0.2) is 29.1 Å². The first-order valence-electron chi connectivity index (χ1n) is 12.2. The van der Waals surface area contributed by atoms with Crippen molar-refractivity contribution < 1.29 is 0 Å². The molecular formula is C30H19ClN6O2. The number of halogens is 1. The first-order chi connectivity index (χ1) is 19.0. The van der Waals surface area contributed by atoms with Crippen LogP contribution in [-0.2, 0) is 0 Å². The minimum atomic E-state index is -0.547. The fraction of sp³-hybridized carbons (Fsp3) is 0.0333. The molecule has 0 unspecified atom stereocenters. The third-order valence-electron chi connectivity index (χ3n) is 6.96. The fourth-order valence-corrected chi connectivity index (χ4v) is 5.45. The molecule has 0 spiro atoms. The van der Waals surface area contributed by atoms with Gasteiger partial charge in [-0.25, -0.2) is 18.9 Å². The molecule has 0 radical (unpaired) electrons. The van der Waals surface area contributed by atoms with Gasteiger partial charge in [0.05, 0.1) is 22.8 Å². The maximum absolute atomic E-state index is 13.6. The third-order valence-corrected chi connectivity index (χ3v) is 7.27. The molecule has 0 saturated carbocycles. The number of hydrogen-bond acceptors (Lipinski definition) is 5. The number of hydrogen-bond donors (Lipinski definition) is 1. The molecule has 8 nitrogen and oxygen atoms in total. The summed E-state index contributed by atoms with van der Waals surface area (Å²) < 4.78 is 2.87. The average Bonchev–Trinajstić information content (AvgIpc) is 3.42. The highest BCUT2D eigenvalue weighted by Gasteiger charge is 2.17. The van der Waals surface area contributed by atoms with E-state index in [0.717, 1.165) is 48.8 Å². The van der Waals surface area contributed by atoms with Crippen LogP contribution in [0.2, 0.25) is 5.02 Å². The maximum atomic E-state index is 13.6. The molecule has 0 saturated heterocycles. The topological polar surface area (TPSA) is 97.9 Å². The van der Waals surface area contributed by atoms with Crippen molar-refractivity contribution in [3.63, 3.8) is 0 Å². The van der Waals surface area contributed by atoms with E-state index in [-0.39, 0.29) is 0 Å². The van der Waals surface area contributed by atoms with Crippen molar-refractivity contribution in [3.8, 4) is 27.9 Å². The highest BCUT2D eigenvalue weighted by Crippen LogP contribution is 2.38. The standard InChI is InChI=1S/C30H19ClN6O2/c1-17-11-20(15-36-28(17)33-16-34-36)22-7-4-8-24(31)27(22)18-9-10-23-25(12-18)35-30(39)37(29(23)38)26-14-32-13-19-5-2-3-6-21(19)26/h2-16H,1H3,(H,35,39). The van der Waals surface area contributed by atoms with Gasteiger partial charge in [-0.2, -0.15) is 5.10 Å². The zero-order valence-electron chi connectivity index (χ0n) is 20.6. The molecule has 0 aliphatic heterocycles. The lowest BCUT2D eigenvalue weighted by atomic mass is 9.94. The molecule has 1 N–H and O–H groups in total. The number of fused-ring (bicyclic) bond motifs is 3. The van der Waals surface area contributed by atoms with Crippen molar-refractivity contribution >= 4 is 38.9 Å². The highest BCUT2D eigenvalue weighted by molar-refractivity contribution is 6.34. The van der Waals surface area contributed by atoms with E-state index in [9.17, 15) is 9.59 Å². The van der Waals surface area contributed by atoms with Gasteiger partial charge in [-0.1, -0.05) is 54.1 Å². The second-order valence-electron chi connectivity index (χ2n) is 9.31. The minimum Gasteiger partial charge on any atom is -0.306 e. The van der Waals surface area contributed by atoms with Crippen molar-refractivity contribution in [2.45, 2.75) is 6.92 Å². The van der Waals surface area contributed by atoms with Gasteiger partial charge in [0.1, 0.15) is 6.33 Å².